The second-order valence-corrected chi connectivity index (χ2v) is 3.99. The van der Waals surface area contributed by atoms with Crippen molar-refractivity contribution in [3.63, 3.8) is 0 Å². The molecule has 0 aliphatic heterocycles. The molecule has 1 aromatic carbocycles. The highest BCUT2D eigenvalue weighted by atomic mass is 16.5. The maximum Gasteiger partial charge on any atom is 0.309 e. The van der Waals surface area contributed by atoms with Gasteiger partial charge in [-0.3, -0.25) is 4.79 Å². The van der Waals surface area contributed by atoms with Gasteiger partial charge in [-0.1, -0.05) is 32.0 Å². The third-order valence-corrected chi connectivity index (χ3v) is 1.90. The first-order valence-corrected chi connectivity index (χ1v) is 5.52. The van der Waals surface area contributed by atoms with E-state index in [1.54, 1.807) is 0 Å². The monoisotopic (exact) mass is 222 g/mol. The summed E-state index contributed by atoms with van der Waals surface area (Å²) in [5.41, 5.74) is 0. The molecule has 0 bridgehead atoms. The first kappa shape index (κ1) is 12.6. The fraction of sp³-hybridized carbons (Fsp3) is 0.462. The highest BCUT2D eigenvalue weighted by Crippen LogP contribution is 2.08. The lowest BCUT2D eigenvalue weighted by Gasteiger charge is -2.08. The lowest BCUT2D eigenvalue weighted by Crippen LogP contribution is -2.13. The summed E-state index contributed by atoms with van der Waals surface area (Å²) in [5.74, 6) is 0.947. The number of rotatable bonds is 6. The molecule has 0 spiro atoms. The van der Waals surface area contributed by atoms with E-state index in [1.807, 2.05) is 44.2 Å². The number of carbonyl (C=O) groups excluding carboxylic acids is 1. The summed E-state index contributed by atoms with van der Waals surface area (Å²) < 4.78 is 10.4. The highest BCUT2D eigenvalue weighted by Gasteiger charge is 2.04. The number of carbonyl (C=O) groups is 1. The van der Waals surface area contributed by atoms with Gasteiger partial charge in [0, 0.05) is 0 Å². The Balaban J connectivity index is 2.13. The van der Waals surface area contributed by atoms with E-state index in [-0.39, 0.29) is 5.97 Å². The van der Waals surface area contributed by atoms with E-state index in [9.17, 15) is 4.79 Å². The van der Waals surface area contributed by atoms with E-state index in [1.165, 1.54) is 0 Å². The van der Waals surface area contributed by atoms with Crippen molar-refractivity contribution >= 4 is 5.97 Å². The van der Waals surface area contributed by atoms with Gasteiger partial charge in [0.2, 0.25) is 0 Å². The third-order valence-electron chi connectivity index (χ3n) is 1.90. The molecule has 0 aliphatic carbocycles. The summed E-state index contributed by atoms with van der Waals surface area (Å²) in [5, 5.41) is 0. The lowest BCUT2D eigenvalue weighted by molar-refractivity contribution is -0.145. The van der Waals surface area contributed by atoms with Crippen molar-refractivity contribution < 1.29 is 14.3 Å². The standard InChI is InChI=1S/C13H18O3/c1-11(2)10-16-13(14)8-9-15-12-6-4-3-5-7-12/h3-7,11H,8-10H2,1-2H3. The fourth-order valence-corrected chi connectivity index (χ4v) is 1.10. The topological polar surface area (TPSA) is 35.5 Å². The normalized spacial score (nSPS) is 10.2. The number of ether oxygens (including phenoxy) is 2. The van der Waals surface area contributed by atoms with Gasteiger partial charge < -0.3 is 9.47 Å². The molecule has 3 nitrogen and oxygen atoms in total. The Morgan fingerprint density at radius 3 is 2.56 bits per heavy atom. The minimum atomic E-state index is -0.204. The third kappa shape index (κ3) is 5.39. The molecule has 0 amide bonds. The van der Waals surface area contributed by atoms with Crippen molar-refractivity contribution in [2.75, 3.05) is 13.2 Å². The van der Waals surface area contributed by atoms with Crippen LogP contribution in [-0.4, -0.2) is 19.2 Å². The Morgan fingerprint density at radius 2 is 1.94 bits per heavy atom. The van der Waals surface area contributed by atoms with Crippen LogP contribution in [0, 0.1) is 5.92 Å². The summed E-state index contributed by atoms with van der Waals surface area (Å²) in [4.78, 5) is 11.2. The SMILES string of the molecule is CC(C)COC(=O)CCOc1ccccc1. The largest absolute Gasteiger partial charge is 0.493 e. The molecule has 0 fully saturated rings. The predicted molar refractivity (Wildman–Crippen MR) is 62.4 cm³/mol. The van der Waals surface area contributed by atoms with Gasteiger partial charge in [-0.05, 0) is 18.1 Å². The van der Waals surface area contributed by atoms with Crippen LogP contribution in [0.2, 0.25) is 0 Å². The summed E-state index contributed by atoms with van der Waals surface area (Å²) in [7, 11) is 0. The molecule has 0 heterocycles. The van der Waals surface area contributed by atoms with Crippen molar-refractivity contribution in [3.05, 3.63) is 30.3 Å². The first-order valence-electron chi connectivity index (χ1n) is 5.52. The van der Waals surface area contributed by atoms with E-state index >= 15 is 0 Å². The number of benzene rings is 1. The summed E-state index contributed by atoms with van der Waals surface area (Å²) >= 11 is 0. The minimum Gasteiger partial charge on any atom is -0.493 e. The smallest absolute Gasteiger partial charge is 0.309 e. The summed E-state index contributed by atoms with van der Waals surface area (Å²) in [6, 6.07) is 9.43. The van der Waals surface area contributed by atoms with Gasteiger partial charge in [0.25, 0.3) is 0 Å². The van der Waals surface area contributed by atoms with Crippen LogP contribution in [0.5, 0.6) is 5.75 Å². The Hall–Kier alpha value is -1.51. The maximum absolute atomic E-state index is 11.2. The molecule has 0 atom stereocenters. The van der Waals surface area contributed by atoms with E-state index in [0.717, 1.165) is 5.75 Å². The molecule has 1 aromatic rings. The van der Waals surface area contributed by atoms with Gasteiger partial charge in [-0.2, -0.15) is 0 Å². The molecule has 0 aliphatic rings. The van der Waals surface area contributed by atoms with Crippen LogP contribution in [0.15, 0.2) is 30.3 Å². The van der Waals surface area contributed by atoms with Crippen LogP contribution < -0.4 is 4.74 Å². The Labute approximate surface area is 96.4 Å². The summed E-state index contributed by atoms with van der Waals surface area (Å²) in [6.45, 7) is 4.85. The van der Waals surface area contributed by atoms with Crippen molar-refractivity contribution in [1.82, 2.24) is 0 Å². The number of hydrogen-bond donors (Lipinski definition) is 0. The average Bonchev–Trinajstić information content (AvgIpc) is 2.28. The molecule has 0 aromatic heterocycles. The average molecular weight is 222 g/mol. The Kier molecular flexibility index (Phi) is 5.40. The zero-order valence-corrected chi connectivity index (χ0v) is 9.81. The van der Waals surface area contributed by atoms with Crippen LogP contribution in [-0.2, 0) is 9.53 Å². The van der Waals surface area contributed by atoms with Gasteiger partial charge in [-0.15, -0.1) is 0 Å². The van der Waals surface area contributed by atoms with Gasteiger partial charge in [0.1, 0.15) is 5.75 Å². The van der Waals surface area contributed by atoms with Gasteiger partial charge in [-0.25, -0.2) is 0 Å². The van der Waals surface area contributed by atoms with Gasteiger partial charge >= 0.3 is 5.97 Å². The van der Waals surface area contributed by atoms with E-state index < -0.39 is 0 Å². The zero-order valence-electron chi connectivity index (χ0n) is 9.81. The van der Waals surface area contributed by atoms with Crippen molar-refractivity contribution in [2.45, 2.75) is 20.3 Å². The molecule has 1 rings (SSSR count). The highest BCUT2D eigenvalue weighted by molar-refractivity contribution is 5.69. The molecular formula is C13H18O3. The van der Waals surface area contributed by atoms with Crippen LogP contribution in [0.25, 0.3) is 0 Å². The molecule has 0 N–H and O–H groups in total. The molecule has 16 heavy (non-hydrogen) atoms. The lowest BCUT2D eigenvalue weighted by atomic mass is 10.2. The minimum absolute atomic E-state index is 0.204. The molecule has 88 valence electrons. The molecule has 0 unspecified atom stereocenters. The molecule has 0 radical (unpaired) electrons. The van der Waals surface area contributed by atoms with Crippen LogP contribution in [0.1, 0.15) is 20.3 Å². The van der Waals surface area contributed by atoms with Crippen LogP contribution in [0.4, 0.5) is 0 Å². The second kappa shape index (κ2) is 6.88. The number of esters is 1. The molecule has 0 saturated heterocycles. The van der Waals surface area contributed by atoms with Crippen molar-refractivity contribution in [1.29, 1.82) is 0 Å². The Morgan fingerprint density at radius 1 is 1.25 bits per heavy atom. The van der Waals surface area contributed by atoms with Crippen molar-refractivity contribution in [3.8, 4) is 5.75 Å². The van der Waals surface area contributed by atoms with Crippen LogP contribution >= 0.6 is 0 Å². The maximum atomic E-state index is 11.2. The van der Waals surface area contributed by atoms with Gasteiger partial charge in [0.15, 0.2) is 0 Å². The molecule has 3 heteroatoms. The van der Waals surface area contributed by atoms with E-state index in [2.05, 4.69) is 0 Å². The zero-order chi connectivity index (χ0) is 11.8. The van der Waals surface area contributed by atoms with Crippen molar-refractivity contribution in [2.24, 2.45) is 5.92 Å². The van der Waals surface area contributed by atoms with E-state index in [0.29, 0.717) is 25.6 Å². The molecular weight excluding hydrogens is 204 g/mol. The van der Waals surface area contributed by atoms with Crippen LogP contribution in [0.3, 0.4) is 0 Å². The number of para-hydroxylation sites is 1. The first-order chi connectivity index (χ1) is 7.68. The predicted octanol–water partition coefficient (Wildman–Crippen LogP) is 2.65. The quantitative estimate of drug-likeness (QED) is 0.694. The number of hydrogen-bond acceptors (Lipinski definition) is 3. The second-order valence-electron chi connectivity index (χ2n) is 3.99. The Bertz CT molecular complexity index is 306. The van der Waals surface area contributed by atoms with E-state index in [4.69, 9.17) is 9.47 Å². The summed E-state index contributed by atoms with van der Waals surface area (Å²) in [6.07, 6.45) is 0.293. The molecule has 0 saturated carbocycles. The van der Waals surface area contributed by atoms with Gasteiger partial charge in [0.05, 0.1) is 19.6 Å². The fourth-order valence-electron chi connectivity index (χ4n) is 1.10.